The van der Waals surface area contributed by atoms with Gasteiger partial charge in [-0.1, -0.05) is 12.1 Å². The van der Waals surface area contributed by atoms with Gasteiger partial charge in [0.15, 0.2) is 0 Å². The molecule has 0 saturated heterocycles. The van der Waals surface area contributed by atoms with E-state index in [4.69, 9.17) is 5.14 Å². The second kappa shape index (κ2) is 6.71. The molecule has 0 bridgehead atoms. The molecule has 2 rings (SSSR count). The molecule has 2 aromatic rings. The first-order chi connectivity index (χ1) is 10.3. The van der Waals surface area contributed by atoms with Gasteiger partial charge < -0.3 is 5.32 Å². The highest BCUT2D eigenvalue weighted by Gasteiger charge is 2.11. The van der Waals surface area contributed by atoms with Gasteiger partial charge in [-0.3, -0.25) is 4.79 Å². The minimum atomic E-state index is -3.73. The summed E-state index contributed by atoms with van der Waals surface area (Å²) in [5.74, 6) is -0.887. The second-order valence-electron chi connectivity index (χ2n) is 4.50. The summed E-state index contributed by atoms with van der Waals surface area (Å²) in [5, 5.41) is 7.65. The molecule has 8 heteroatoms. The molecule has 0 fully saturated rings. The van der Waals surface area contributed by atoms with Crippen LogP contribution < -0.4 is 10.5 Å². The minimum Gasteiger partial charge on any atom is -0.348 e. The van der Waals surface area contributed by atoms with E-state index in [9.17, 15) is 17.6 Å². The predicted molar refractivity (Wildman–Crippen MR) is 88.1 cm³/mol. The normalized spacial score (nSPS) is 11.2. The SMILES string of the molecule is NS(=O)(=O)c1ccc(CNC(=O)c2cc(F)ccc2I)cc1. The van der Waals surface area contributed by atoms with Gasteiger partial charge in [0.1, 0.15) is 5.82 Å². The van der Waals surface area contributed by atoms with Crippen LogP contribution in [0.1, 0.15) is 15.9 Å². The first-order valence-corrected chi connectivity index (χ1v) is 8.75. The van der Waals surface area contributed by atoms with E-state index >= 15 is 0 Å². The lowest BCUT2D eigenvalue weighted by atomic mass is 10.2. The molecular formula is C14H12FIN2O3S. The van der Waals surface area contributed by atoms with E-state index in [2.05, 4.69) is 5.32 Å². The fourth-order valence-electron chi connectivity index (χ4n) is 1.75. The molecule has 0 aliphatic heterocycles. The number of carbonyl (C=O) groups is 1. The number of rotatable bonds is 4. The molecule has 5 nitrogen and oxygen atoms in total. The van der Waals surface area contributed by atoms with Crippen LogP contribution in [-0.2, 0) is 16.6 Å². The van der Waals surface area contributed by atoms with Crippen molar-refractivity contribution in [1.29, 1.82) is 0 Å². The Labute approximate surface area is 140 Å². The summed E-state index contributed by atoms with van der Waals surface area (Å²) in [4.78, 5) is 12.0. The highest BCUT2D eigenvalue weighted by atomic mass is 127. The molecule has 0 spiro atoms. The number of primary sulfonamides is 1. The van der Waals surface area contributed by atoms with Gasteiger partial charge >= 0.3 is 0 Å². The average molecular weight is 434 g/mol. The Morgan fingerprint density at radius 2 is 1.82 bits per heavy atom. The summed E-state index contributed by atoms with van der Waals surface area (Å²) < 4.78 is 36.1. The highest BCUT2D eigenvalue weighted by Crippen LogP contribution is 2.14. The molecule has 0 unspecified atom stereocenters. The molecule has 2 aromatic carbocycles. The Hall–Kier alpha value is -1.52. The molecule has 1 amide bonds. The van der Waals surface area contributed by atoms with E-state index in [1.165, 1.54) is 30.3 Å². The number of hydrogen-bond donors (Lipinski definition) is 2. The third kappa shape index (κ3) is 4.24. The van der Waals surface area contributed by atoms with E-state index in [-0.39, 0.29) is 17.0 Å². The average Bonchev–Trinajstić information content (AvgIpc) is 2.47. The number of benzene rings is 2. The van der Waals surface area contributed by atoms with Crippen LogP contribution in [-0.4, -0.2) is 14.3 Å². The van der Waals surface area contributed by atoms with Gasteiger partial charge in [-0.05, 0) is 58.5 Å². The highest BCUT2D eigenvalue weighted by molar-refractivity contribution is 14.1. The van der Waals surface area contributed by atoms with Gasteiger partial charge in [-0.2, -0.15) is 0 Å². The summed E-state index contributed by atoms with van der Waals surface area (Å²) in [6, 6.07) is 9.80. The van der Waals surface area contributed by atoms with Crippen molar-refractivity contribution in [3.05, 3.63) is 63.0 Å². The number of carbonyl (C=O) groups excluding carboxylic acids is 1. The monoisotopic (exact) mass is 434 g/mol. The van der Waals surface area contributed by atoms with E-state index < -0.39 is 21.7 Å². The van der Waals surface area contributed by atoms with Crippen LogP contribution in [0.15, 0.2) is 47.4 Å². The van der Waals surface area contributed by atoms with Crippen molar-refractivity contribution in [3.8, 4) is 0 Å². The number of nitrogens with two attached hydrogens (primary N) is 1. The molecule has 0 aliphatic rings. The van der Waals surface area contributed by atoms with Gasteiger partial charge in [-0.25, -0.2) is 17.9 Å². The number of sulfonamides is 1. The molecule has 0 radical (unpaired) electrons. The fourth-order valence-corrected chi connectivity index (χ4v) is 2.84. The van der Waals surface area contributed by atoms with E-state index in [1.54, 1.807) is 12.1 Å². The fraction of sp³-hybridized carbons (Fsp3) is 0.0714. The minimum absolute atomic E-state index is 0.00209. The van der Waals surface area contributed by atoms with Crippen LogP contribution in [0.4, 0.5) is 4.39 Å². The first-order valence-electron chi connectivity index (χ1n) is 6.12. The largest absolute Gasteiger partial charge is 0.348 e. The van der Waals surface area contributed by atoms with Crippen LogP contribution >= 0.6 is 22.6 Å². The maximum absolute atomic E-state index is 13.2. The summed E-state index contributed by atoms with van der Waals surface area (Å²) >= 11 is 1.95. The molecule has 22 heavy (non-hydrogen) atoms. The van der Waals surface area contributed by atoms with E-state index in [1.807, 2.05) is 22.6 Å². The van der Waals surface area contributed by atoms with Gasteiger partial charge in [0, 0.05) is 10.1 Å². The summed E-state index contributed by atoms with van der Waals surface area (Å²) in [5.41, 5.74) is 0.953. The Balaban J connectivity index is 2.07. The number of halogens is 2. The lowest BCUT2D eigenvalue weighted by Crippen LogP contribution is -2.24. The van der Waals surface area contributed by atoms with Crippen molar-refractivity contribution < 1.29 is 17.6 Å². The molecule has 0 saturated carbocycles. The van der Waals surface area contributed by atoms with Gasteiger partial charge in [-0.15, -0.1) is 0 Å². The van der Waals surface area contributed by atoms with Gasteiger partial charge in [0.25, 0.3) is 5.91 Å². The van der Waals surface area contributed by atoms with Gasteiger partial charge in [0.2, 0.25) is 10.0 Å². The smallest absolute Gasteiger partial charge is 0.252 e. The zero-order valence-electron chi connectivity index (χ0n) is 11.2. The van der Waals surface area contributed by atoms with Crippen LogP contribution in [0.3, 0.4) is 0 Å². The Bertz CT molecular complexity index is 807. The van der Waals surface area contributed by atoms with Crippen LogP contribution in [0, 0.1) is 9.39 Å². The Morgan fingerprint density at radius 3 is 2.41 bits per heavy atom. The molecule has 116 valence electrons. The first kappa shape index (κ1) is 16.8. The molecule has 0 heterocycles. The number of nitrogens with one attached hydrogen (secondary N) is 1. The molecule has 0 atom stereocenters. The Morgan fingerprint density at radius 1 is 1.18 bits per heavy atom. The number of amides is 1. The molecular weight excluding hydrogens is 422 g/mol. The van der Waals surface area contributed by atoms with Gasteiger partial charge in [0.05, 0.1) is 10.5 Å². The van der Waals surface area contributed by atoms with Crippen molar-refractivity contribution in [2.75, 3.05) is 0 Å². The lowest BCUT2D eigenvalue weighted by Gasteiger charge is -2.08. The summed E-state index contributed by atoms with van der Waals surface area (Å²) in [6.45, 7) is 0.191. The quantitative estimate of drug-likeness (QED) is 0.722. The van der Waals surface area contributed by atoms with Crippen LogP contribution in [0.25, 0.3) is 0 Å². The van der Waals surface area contributed by atoms with Crippen LogP contribution in [0.5, 0.6) is 0 Å². The summed E-state index contributed by atoms with van der Waals surface area (Å²) in [7, 11) is -3.73. The molecule has 3 N–H and O–H groups in total. The molecule has 0 aliphatic carbocycles. The molecule has 0 aromatic heterocycles. The maximum Gasteiger partial charge on any atom is 0.252 e. The maximum atomic E-state index is 13.2. The topological polar surface area (TPSA) is 89.3 Å². The lowest BCUT2D eigenvalue weighted by molar-refractivity contribution is 0.0949. The van der Waals surface area contributed by atoms with E-state index in [0.717, 1.165) is 0 Å². The zero-order valence-corrected chi connectivity index (χ0v) is 14.2. The van der Waals surface area contributed by atoms with Crippen molar-refractivity contribution >= 4 is 38.5 Å². The summed E-state index contributed by atoms with van der Waals surface area (Å²) in [6.07, 6.45) is 0. The predicted octanol–water partition coefficient (Wildman–Crippen LogP) is 2.01. The third-order valence-corrected chi connectivity index (χ3v) is 4.75. The zero-order chi connectivity index (χ0) is 16.3. The third-order valence-electron chi connectivity index (χ3n) is 2.88. The standard InChI is InChI=1S/C14H12FIN2O3S/c15-10-3-6-13(16)12(7-10)14(19)18-8-9-1-4-11(5-2-9)22(17,20)21/h1-7H,8H2,(H,18,19)(H2,17,20,21). The Kier molecular flexibility index (Phi) is 5.14. The van der Waals surface area contributed by atoms with Crippen molar-refractivity contribution in [2.24, 2.45) is 5.14 Å². The van der Waals surface area contributed by atoms with Crippen molar-refractivity contribution in [3.63, 3.8) is 0 Å². The second-order valence-corrected chi connectivity index (χ2v) is 7.22. The van der Waals surface area contributed by atoms with Crippen LogP contribution in [0.2, 0.25) is 0 Å². The van der Waals surface area contributed by atoms with Crippen molar-refractivity contribution in [2.45, 2.75) is 11.4 Å². The van der Waals surface area contributed by atoms with E-state index in [0.29, 0.717) is 9.13 Å². The van der Waals surface area contributed by atoms with Crippen molar-refractivity contribution in [1.82, 2.24) is 5.32 Å². The number of hydrogen-bond acceptors (Lipinski definition) is 3.